The topological polar surface area (TPSA) is 17.1 Å². The lowest BCUT2D eigenvalue weighted by Gasteiger charge is -1.96. The maximum atomic E-state index is 10.0. The number of carbonyl (C=O) groups excluding carboxylic acids is 1. The quantitative estimate of drug-likeness (QED) is 0.530. The van der Waals surface area contributed by atoms with Crippen LogP contribution in [0.4, 0.5) is 0 Å². The van der Waals surface area contributed by atoms with Gasteiger partial charge in [-0.3, -0.25) is 4.79 Å². The first-order valence-electron chi connectivity index (χ1n) is 3.31. The molecule has 0 spiro atoms. The molecular weight excluding hydrogens is 195 g/mol. The number of hydrogen-bond donors (Lipinski definition) is 0. The highest BCUT2D eigenvalue weighted by Gasteiger charge is 1.96. The summed E-state index contributed by atoms with van der Waals surface area (Å²) in [5.74, 6) is 0. The van der Waals surface area contributed by atoms with Gasteiger partial charge >= 0.3 is 0 Å². The minimum atomic E-state index is 0.581. The van der Waals surface area contributed by atoms with Crippen LogP contribution in [0.25, 0.3) is 6.08 Å². The summed E-state index contributed by atoms with van der Waals surface area (Å²) < 4.78 is 0. The van der Waals surface area contributed by atoms with Gasteiger partial charge in [0.15, 0.2) is 0 Å². The van der Waals surface area contributed by atoms with E-state index in [0.29, 0.717) is 16.3 Å². The molecule has 0 heterocycles. The van der Waals surface area contributed by atoms with Crippen LogP contribution in [0.5, 0.6) is 0 Å². The molecular formula is C9H6Cl2O. The Labute approximate surface area is 80.6 Å². The van der Waals surface area contributed by atoms with Crippen LogP contribution < -0.4 is 0 Å². The van der Waals surface area contributed by atoms with Crippen LogP contribution in [0, 0.1) is 0 Å². The summed E-state index contributed by atoms with van der Waals surface area (Å²) in [4.78, 5) is 10.0. The highest BCUT2D eigenvalue weighted by Crippen LogP contribution is 2.21. The summed E-state index contributed by atoms with van der Waals surface area (Å²) in [6, 6.07) is 5.08. The molecule has 0 bridgehead atoms. The second-order valence-electron chi connectivity index (χ2n) is 2.16. The summed E-state index contributed by atoms with van der Waals surface area (Å²) >= 11 is 11.5. The molecule has 12 heavy (non-hydrogen) atoms. The summed E-state index contributed by atoms with van der Waals surface area (Å²) in [6.07, 6.45) is 3.68. The van der Waals surface area contributed by atoms with Crippen LogP contribution in [-0.2, 0) is 4.79 Å². The molecule has 1 aromatic carbocycles. The van der Waals surface area contributed by atoms with E-state index in [0.717, 1.165) is 5.56 Å². The Morgan fingerprint density at radius 1 is 1.25 bits per heavy atom. The normalized spacial score (nSPS) is 10.5. The van der Waals surface area contributed by atoms with E-state index in [1.165, 1.54) is 6.08 Å². The molecule has 0 amide bonds. The average Bonchev–Trinajstić information content (AvgIpc) is 2.07. The highest BCUT2D eigenvalue weighted by atomic mass is 35.5. The molecule has 0 aliphatic rings. The van der Waals surface area contributed by atoms with E-state index in [1.54, 1.807) is 24.3 Å². The number of hydrogen-bond acceptors (Lipinski definition) is 1. The van der Waals surface area contributed by atoms with E-state index in [-0.39, 0.29) is 0 Å². The average molecular weight is 201 g/mol. The maximum Gasteiger partial charge on any atom is 0.142 e. The second-order valence-corrected chi connectivity index (χ2v) is 3.00. The van der Waals surface area contributed by atoms with Crippen molar-refractivity contribution in [1.29, 1.82) is 0 Å². The lowest BCUT2D eigenvalue weighted by atomic mass is 10.2. The highest BCUT2D eigenvalue weighted by molar-refractivity contribution is 6.34. The fourth-order valence-corrected chi connectivity index (χ4v) is 1.15. The second kappa shape index (κ2) is 4.29. The van der Waals surface area contributed by atoms with E-state index in [4.69, 9.17) is 23.2 Å². The first kappa shape index (κ1) is 9.30. The number of aldehydes is 1. The fourth-order valence-electron chi connectivity index (χ4n) is 0.785. The monoisotopic (exact) mass is 200 g/mol. The Kier molecular flexibility index (Phi) is 3.32. The molecule has 0 unspecified atom stereocenters. The summed E-state index contributed by atoms with van der Waals surface area (Å²) in [5, 5.41) is 1.18. The first-order valence-corrected chi connectivity index (χ1v) is 4.06. The summed E-state index contributed by atoms with van der Waals surface area (Å²) in [5.41, 5.74) is 0.747. The zero-order valence-electron chi connectivity index (χ0n) is 6.13. The molecule has 0 aromatic heterocycles. The fraction of sp³-hybridized carbons (Fsp3) is 0. The number of halogens is 2. The van der Waals surface area contributed by atoms with Gasteiger partial charge in [0, 0.05) is 10.0 Å². The van der Waals surface area contributed by atoms with Crippen molar-refractivity contribution in [3.63, 3.8) is 0 Å². The van der Waals surface area contributed by atoms with E-state index in [1.807, 2.05) is 0 Å². The van der Waals surface area contributed by atoms with E-state index in [2.05, 4.69) is 0 Å². The van der Waals surface area contributed by atoms with Crippen LogP contribution in [0.3, 0.4) is 0 Å². The molecule has 3 heteroatoms. The van der Waals surface area contributed by atoms with Gasteiger partial charge in [-0.15, -0.1) is 0 Å². The van der Waals surface area contributed by atoms with Crippen LogP contribution in [0.1, 0.15) is 5.56 Å². The van der Waals surface area contributed by atoms with Gasteiger partial charge in [0.05, 0.1) is 0 Å². The molecule has 0 fully saturated rings. The molecule has 0 atom stereocenters. The Morgan fingerprint density at radius 3 is 2.67 bits per heavy atom. The standard InChI is InChI=1S/C9H6Cl2O/c10-8-3-4-9(11)7(6-8)2-1-5-12/h1-6H. The van der Waals surface area contributed by atoms with E-state index < -0.39 is 0 Å². The maximum absolute atomic E-state index is 10.0. The van der Waals surface area contributed by atoms with Crippen molar-refractivity contribution >= 4 is 35.6 Å². The molecule has 62 valence electrons. The molecule has 0 N–H and O–H groups in total. The Bertz CT molecular complexity index is 318. The van der Waals surface area contributed by atoms with Gasteiger partial charge in [-0.2, -0.15) is 0 Å². The molecule has 0 aliphatic heterocycles. The van der Waals surface area contributed by atoms with Crippen molar-refractivity contribution in [2.45, 2.75) is 0 Å². The molecule has 1 nitrogen and oxygen atoms in total. The molecule has 0 saturated heterocycles. The third kappa shape index (κ3) is 2.36. The number of benzene rings is 1. The van der Waals surface area contributed by atoms with Crippen LogP contribution in [0.2, 0.25) is 10.0 Å². The summed E-state index contributed by atoms with van der Waals surface area (Å²) in [7, 11) is 0. The minimum absolute atomic E-state index is 0.581. The van der Waals surface area contributed by atoms with Crippen molar-refractivity contribution < 1.29 is 4.79 Å². The Balaban J connectivity index is 3.04. The largest absolute Gasteiger partial charge is 0.299 e. The SMILES string of the molecule is O=CC=Cc1cc(Cl)ccc1Cl. The lowest BCUT2D eigenvalue weighted by molar-refractivity contribution is -0.104. The van der Waals surface area contributed by atoms with E-state index in [9.17, 15) is 4.79 Å². The van der Waals surface area contributed by atoms with E-state index >= 15 is 0 Å². The van der Waals surface area contributed by atoms with Crippen molar-refractivity contribution in [3.05, 3.63) is 39.9 Å². The lowest BCUT2D eigenvalue weighted by Crippen LogP contribution is -1.75. The van der Waals surface area contributed by atoms with Gasteiger partial charge < -0.3 is 0 Å². The number of allylic oxidation sites excluding steroid dienone is 1. The third-order valence-corrected chi connectivity index (χ3v) is 1.89. The zero-order chi connectivity index (χ0) is 8.97. The van der Waals surface area contributed by atoms with Gasteiger partial charge in [-0.05, 0) is 29.8 Å². The van der Waals surface area contributed by atoms with Gasteiger partial charge in [0.1, 0.15) is 6.29 Å². The zero-order valence-corrected chi connectivity index (χ0v) is 7.64. The van der Waals surface area contributed by atoms with Gasteiger partial charge in [-0.1, -0.05) is 29.3 Å². The van der Waals surface area contributed by atoms with Crippen molar-refractivity contribution in [1.82, 2.24) is 0 Å². The molecule has 1 aromatic rings. The number of carbonyl (C=O) groups is 1. The van der Waals surface area contributed by atoms with Crippen LogP contribution in [-0.4, -0.2) is 6.29 Å². The summed E-state index contributed by atoms with van der Waals surface area (Å²) in [6.45, 7) is 0. The number of rotatable bonds is 2. The van der Waals surface area contributed by atoms with Crippen molar-refractivity contribution in [2.24, 2.45) is 0 Å². The van der Waals surface area contributed by atoms with Gasteiger partial charge in [0.25, 0.3) is 0 Å². The predicted octanol–water partition coefficient (Wildman–Crippen LogP) is 3.21. The smallest absolute Gasteiger partial charge is 0.142 e. The van der Waals surface area contributed by atoms with Crippen LogP contribution >= 0.6 is 23.2 Å². The van der Waals surface area contributed by atoms with Crippen molar-refractivity contribution in [2.75, 3.05) is 0 Å². The molecule has 0 aliphatic carbocycles. The molecule has 1 rings (SSSR count). The van der Waals surface area contributed by atoms with Gasteiger partial charge in [-0.25, -0.2) is 0 Å². The Hall–Kier alpha value is -0.790. The predicted molar refractivity (Wildman–Crippen MR) is 51.6 cm³/mol. The van der Waals surface area contributed by atoms with Crippen molar-refractivity contribution in [3.8, 4) is 0 Å². The minimum Gasteiger partial charge on any atom is -0.299 e. The van der Waals surface area contributed by atoms with Crippen LogP contribution in [0.15, 0.2) is 24.3 Å². The third-order valence-electron chi connectivity index (χ3n) is 1.31. The Morgan fingerprint density at radius 2 is 2.00 bits per heavy atom. The molecule has 0 radical (unpaired) electrons. The molecule has 0 saturated carbocycles. The van der Waals surface area contributed by atoms with Gasteiger partial charge in [0.2, 0.25) is 0 Å². The first-order chi connectivity index (χ1) is 5.74.